The summed E-state index contributed by atoms with van der Waals surface area (Å²) in [4.78, 5) is 20.2. The summed E-state index contributed by atoms with van der Waals surface area (Å²) in [5.74, 6) is 0. The van der Waals surface area contributed by atoms with E-state index in [1.54, 1.807) is 0 Å². The highest BCUT2D eigenvalue weighted by molar-refractivity contribution is 5.49. The normalized spacial score (nSPS) is 11.1. The van der Waals surface area contributed by atoms with Crippen molar-refractivity contribution in [3.8, 4) is 0 Å². The van der Waals surface area contributed by atoms with Crippen LogP contribution in [0.25, 0.3) is 0 Å². The van der Waals surface area contributed by atoms with E-state index in [1.165, 1.54) is 109 Å². The first-order chi connectivity index (χ1) is 15.8. The van der Waals surface area contributed by atoms with Crippen LogP contribution in [0.4, 0.5) is 0 Å². The van der Waals surface area contributed by atoms with Crippen LogP contribution in [0.5, 0.6) is 0 Å². The van der Waals surface area contributed by atoms with E-state index in [9.17, 15) is 9.59 Å². The molecule has 0 heterocycles. The van der Waals surface area contributed by atoms with E-state index in [2.05, 4.69) is 38.2 Å². The predicted octanol–water partition coefficient (Wildman–Crippen LogP) is 10.1. The number of carbonyl (C=O) groups is 2. The van der Waals surface area contributed by atoms with Gasteiger partial charge in [0.2, 0.25) is 0 Å². The predicted molar refractivity (Wildman–Crippen MR) is 143 cm³/mol. The van der Waals surface area contributed by atoms with Gasteiger partial charge in [-0.1, -0.05) is 115 Å². The van der Waals surface area contributed by atoms with E-state index >= 15 is 0 Å². The summed E-state index contributed by atoms with van der Waals surface area (Å²) >= 11 is 0. The van der Waals surface area contributed by atoms with Gasteiger partial charge in [-0.2, -0.15) is 0 Å². The zero-order valence-electron chi connectivity index (χ0n) is 21.8. The Balaban J connectivity index is 0. The standard InChI is InChI=1S/C16H30O.C14H26O/c1-2-3-4-5-6-7-8-9-10-11-12-13-14-15-16-17;1-2-3-4-5-6-7-8-9-10-11-12-13-14-15/h5-6,16H,2-4,7-15H2,1H3;3-4,14H,2,5-13H2,1H3/b6-5-;4-3+. The van der Waals surface area contributed by atoms with Gasteiger partial charge in [-0.15, -0.1) is 0 Å². The molecule has 2 heteroatoms. The second-order valence-electron chi connectivity index (χ2n) is 8.93. The lowest BCUT2D eigenvalue weighted by molar-refractivity contribution is -0.108. The van der Waals surface area contributed by atoms with Crippen molar-refractivity contribution in [1.82, 2.24) is 0 Å². The van der Waals surface area contributed by atoms with Crippen molar-refractivity contribution in [3.63, 3.8) is 0 Å². The summed E-state index contributed by atoms with van der Waals surface area (Å²) in [6.07, 6.45) is 38.4. The molecular weight excluding hydrogens is 392 g/mol. The molecule has 0 rings (SSSR count). The van der Waals surface area contributed by atoms with E-state index in [1.807, 2.05) is 0 Å². The summed E-state index contributed by atoms with van der Waals surface area (Å²) in [6, 6.07) is 0. The molecule has 0 aromatic rings. The Morgan fingerprint density at radius 3 is 1.03 bits per heavy atom. The largest absolute Gasteiger partial charge is 0.303 e. The Morgan fingerprint density at radius 1 is 0.375 bits per heavy atom. The van der Waals surface area contributed by atoms with Crippen LogP contribution < -0.4 is 0 Å². The molecule has 0 saturated heterocycles. The fourth-order valence-electron chi connectivity index (χ4n) is 3.59. The van der Waals surface area contributed by atoms with Crippen molar-refractivity contribution in [3.05, 3.63) is 24.3 Å². The number of carbonyl (C=O) groups excluding carboxylic acids is 2. The van der Waals surface area contributed by atoms with Crippen molar-refractivity contribution >= 4 is 12.6 Å². The van der Waals surface area contributed by atoms with Gasteiger partial charge >= 0.3 is 0 Å². The maximum absolute atomic E-state index is 10.1. The van der Waals surface area contributed by atoms with Crippen LogP contribution in [0.3, 0.4) is 0 Å². The highest BCUT2D eigenvalue weighted by Gasteiger charge is 1.92. The molecule has 0 atom stereocenters. The van der Waals surface area contributed by atoms with Crippen LogP contribution in [-0.2, 0) is 9.59 Å². The lowest BCUT2D eigenvalue weighted by Gasteiger charge is -1.99. The number of hydrogen-bond donors (Lipinski definition) is 0. The number of aldehydes is 2. The molecule has 0 aromatic carbocycles. The molecule has 0 radical (unpaired) electrons. The third kappa shape index (κ3) is 36.2. The molecule has 0 aromatic heterocycles. The average molecular weight is 449 g/mol. The summed E-state index contributed by atoms with van der Waals surface area (Å²) in [5, 5.41) is 0. The van der Waals surface area contributed by atoms with Crippen LogP contribution in [0.15, 0.2) is 24.3 Å². The van der Waals surface area contributed by atoms with Crippen LogP contribution in [0, 0.1) is 0 Å². The van der Waals surface area contributed by atoms with Crippen LogP contribution in [0.2, 0.25) is 0 Å². The van der Waals surface area contributed by atoms with Gasteiger partial charge in [0.15, 0.2) is 0 Å². The van der Waals surface area contributed by atoms with E-state index in [0.29, 0.717) is 0 Å². The highest BCUT2D eigenvalue weighted by Crippen LogP contribution is 2.10. The summed E-state index contributed by atoms with van der Waals surface area (Å²) in [5.41, 5.74) is 0. The lowest BCUT2D eigenvalue weighted by atomic mass is 10.1. The van der Waals surface area contributed by atoms with E-state index in [-0.39, 0.29) is 0 Å². The van der Waals surface area contributed by atoms with Gasteiger partial charge in [-0.25, -0.2) is 0 Å². The van der Waals surface area contributed by atoms with Gasteiger partial charge in [-0.3, -0.25) is 0 Å². The molecule has 0 unspecified atom stereocenters. The van der Waals surface area contributed by atoms with Crippen molar-refractivity contribution in [2.24, 2.45) is 0 Å². The molecule has 0 bridgehead atoms. The van der Waals surface area contributed by atoms with Crippen molar-refractivity contribution in [2.75, 3.05) is 0 Å². The summed E-state index contributed by atoms with van der Waals surface area (Å²) < 4.78 is 0. The average Bonchev–Trinajstić information content (AvgIpc) is 2.81. The van der Waals surface area contributed by atoms with E-state index in [0.717, 1.165) is 44.7 Å². The minimum atomic E-state index is 0.752. The Hall–Kier alpha value is -1.18. The van der Waals surface area contributed by atoms with Crippen LogP contribution in [0.1, 0.15) is 155 Å². The second-order valence-corrected chi connectivity index (χ2v) is 8.93. The van der Waals surface area contributed by atoms with Gasteiger partial charge in [0, 0.05) is 12.8 Å². The minimum absolute atomic E-state index is 0.752. The zero-order chi connectivity index (χ0) is 23.8. The van der Waals surface area contributed by atoms with Crippen LogP contribution >= 0.6 is 0 Å². The fourth-order valence-corrected chi connectivity index (χ4v) is 3.59. The molecule has 0 aliphatic carbocycles. The third-order valence-electron chi connectivity index (χ3n) is 5.68. The first-order valence-electron chi connectivity index (χ1n) is 14.0. The number of rotatable bonds is 24. The lowest BCUT2D eigenvalue weighted by Crippen LogP contribution is -1.81. The quantitative estimate of drug-likeness (QED) is 0.0835. The van der Waals surface area contributed by atoms with Gasteiger partial charge in [-0.05, 0) is 51.4 Å². The SMILES string of the molecule is CC/C=C/CCCCCCCCCC=O.CCCC/C=C\CCCCCCCCCC=O. The van der Waals surface area contributed by atoms with E-state index in [4.69, 9.17) is 0 Å². The molecule has 0 spiro atoms. The molecule has 2 nitrogen and oxygen atoms in total. The molecule has 0 aliphatic rings. The van der Waals surface area contributed by atoms with Gasteiger partial charge in [0.05, 0.1) is 0 Å². The van der Waals surface area contributed by atoms with Gasteiger partial charge in [0.1, 0.15) is 12.6 Å². The molecule has 0 aliphatic heterocycles. The Labute approximate surface area is 201 Å². The smallest absolute Gasteiger partial charge is 0.119 e. The molecule has 32 heavy (non-hydrogen) atoms. The fraction of sp³-hybridized carbons (Fsp3) is 0.800. The Bertz CT molecular complexity index is 398. The maximum atomic E-state index is 10.1. The Morgan fingerprint density at radius 2 is 0.688 bits per heavy atom. The molecule has 0 saturated carbocycles. The summed E-state index contributed by atoms with van der Waals surface area (Å²) in [6.45, 7) is 4.42. The number of allylic oxidation sites excluding steroid dienone is 4. The maximum Gasteiger partial charge on any atom is 0.119 e. The highest BCUT2D eigenvalue weighted by atomic mass is 16.1. The minimum Gasteiger partial charge on any atom is -0.303 e. The molecule has 188 valence electrons. The van der Waals surface area contributed by atoms with Gasteiger partial charge < -0.3 is 9.59 Å². The number of hydrogen-bond acceptors (Lipinski definition) is 2. The van der Waals surface area contributed by atoms with Crippen molar-refractivity contribution < 1.29 is 9.59 Å². The molecule has 0 amide bonds. The first-order valence-corrected chi connectivity index (χ1v) is 14.0. The second kappa shape index (κ2) is 34.4. The summed E-state index contributed by atoms with van der Waals surface area (Å²) in [7, 11) is 0. The first kappa shape index (κ1) is 33.0. The third-order valence-corrected chi connectivity index (χ3v) is 5.68. The molecule has 0 N–H and O–H groups in total. The van der Waals surface area contributed by atoms with Crippen molar-refractivity contribution in [2.45, 2.75) is 155 Å². The van der Waals surface area contributed by atoms with Crippen LogP contribution in [-0.4, -0.2) is 12.6 Å². The molecular formula is C30H56O2. The van der Waals surface area contributed by atoms with Crippen molar-refractivity contribution in [1.29, 1.82) is 0 Å². The van der Waals surface area contributed by atoms with Gasteiger partial charge in [0.25, 0.3) is 0 Å². The topological polar surface area (TPSA) is 34.1 Å². The molecule has 0 fully saturated rings. The Kier molecular flexibility index (Phi) is 35.5. The zero-order valence-corrected chi connectivity index (χ0v) is 21.8. The monoisotopic (exact) mass is 448 g/mol. The van der Waals surface area contributed by atoms with E-state index < -0.39 is 0 Å². The number of unbranched alkanes of at least 4 members (excludes halogenated alkanes) is 18.